The first-order chi connectivity index (χ1) is 17.9. The normalized spacial score (nSPS) is 24.4. The van der Waals surface area contributed by atoms with Crippen LogP contribution in [0.2, 0.25) is 0 Å². The Morgan fingerprint density at radius 2 is 1.73 bits per heavy atom. The molecule has 3 aromatic rings. The summed E-state index contributed by atoms with van der Waals surface area (Å²) in [7, 11) is 3.58. The molecule has 7 nitrogen and oxygen atoms in total. The first-order valence-electron chi connectivity index (χ1n) is 12.7. The minimum absolute atomic E-state index is 0.119. The second kappa shape index (κ2) is 9.36. The van der Waals surface area contributed by atoms with E-state index in [-0.39, 0.29) is 17.4 Å². The smallest absolute Gasteiger partial charge is 0.185 e. The van der Waals surface area contributed by atoms with Gasteiger partial charge in [0.15, 0.2) is 17.9 Å². The fourth-order valence-electron chi connectivity index (χ4n) is 5.99. The highest BCUT2D eigenvalue weighted by atomic mass is 19.2. The number of nitrogens with zero attached hydrogens (tertiary/aromatic N) is 6. The van der Waals surface area contributed by atoms with Gasteiger partial charge in [0.2, 0.25) is 0 Å². The van der Waals surface area contributed by atoms with Crippen molar-refractivity contribution in [2.75, 3.05) is 33.2 Å². The van der Waals surface area contributed by atoms with Crippen LogP contribution < -0.4 is 5.32 Å². The van der Waals surface area contributed by atoms with Crippen LogP contribution >= 0.6 is 0 Å². The monoisotopic (exact) mass is 501 g/mol. The molecule has 0 saturated carbocycles. The Balaban J connectivity index is 1.43. The van der Waals surface area contributed by atoms with E-state index in [1.807, 2.05) is 30.3 Å². The number of likely N-dealkylation sites (tertiary alicyclic amines) is 1. The van der Waals surface area contributed by atoms with E-state index in [9.17, 15) is 5.26 Å². The minimum atomic E-state index is -0.926. The number of aromatic nitrogens is 2. The van der Waals surface area contributed by atoms with Gasteiger partial charge in [0.1, 0.15) is 5.52 Å². The second-order valence-electron chi connectivity index (χ2n) is 10.3. The van der Waals surface area contributed by atoms with Gasteiger partial charge in [0.25, 0.3) is 0 Å². The van der Waals surface area contributed by atoms with E-state index in [0.29, 0.717) is 34.2 Å². The number of hydrogen-bond donors (Lipinski definition) is 1. The molecule has 190 valence electrons. The first-order valence-corrected chi connectivity index (χ1v) is 12.7. The lowest BCUT2D eigenvalue weighted by Crippen LogP contribution is -2.46. The third-order valence-corrected chi connectivity index (χ3v) is 8.04. The lowest BCUT2D eigenvalue weighted by atomic mass is 9.92. The zero-order valence-electron chi connectivity index (χ0n) is 21.0. The molecular weight excluding hydrogens is 472 g/mol. The maximum atomic E-state index is 15.6. The number of nitrogens with one attached hydrogen (secondary N) is 1. The fraction of sp³-hybridized carbons (Fsp3) is 0.393. The van der Waals surface area contributed by atoms with E-state index in [4.69, 9.17) is 4.99 Å². The molecule has 2 fully saturated rings. The number of allylic oxidation sites excluding steroid dienone is 1. The van der Waals surface area contributed by atoms with Crippen LogP contribution in [-0.2, 0) is 7.05 Å². The molecule has 0 aliphatic carbocycles. The molecule has 3 aliphatic heterocycles. The number of rotatable bonds is 3. The molecule has 3 atom stereocenters. The highest BCUT2D eigenvalue weighted by molar-refractivity contribution is 6.32. The van der Waals surface area contributed by atoms with Gasteiger partial charge in [-0.2, -0.15) is 5.26 Å². The van der Waals surface area contributed by atoms with Crippen LogP contribution in [0.4, 0.5) is 8.78 Å². The van der Waals surface area contributed by atoms with Crippen LogP contribution in [0.5, 0.6) is 0 Å². The first kappa shape index (κ1) is 23.8. The predicted octanol–water partition coefficient (Wildman–Crippen LogP) is 3.71. The molecule has 0 amide bonds. The van der Waals surface area contributed by atoms with E-state index >= 15 is 8.78 Å². The summed E-state index contributed by atoms with van der Waals surface area (Å²) in [4.78, 5) is 13.8. The highest BCUT2D eigenvalue weighted by Gasteiger charge is 2.35. The Morgan fingerprint density at radius 1 is 1.03 bits per heavy atom. The average Bonchev–Trinajstić information content (AvgIpc) is 3.47. The van der Waals surface area contributed by atoms with Gasteiger partial charge in [0, 0.05) is 50.1 Å². The fourth-order valence-corrected chi connectivity index (χ4v) is 5.99. The summed E-state index contributed by atoms with van der Waals surface area (Å²) in [6.07, 6.45) is 5.31. The Labute approximate surface area is 214 Å². The summed E-state index contributed by atoms with van der Waals surface area (Å²) >= 11 is 0. The van der Waals surface area contributed by atoms with Crippen molar-refractivity contribution in [1.29, 1.82) is 5.26 Å². The maximum absolute atomic E-state index is 15.6. The molecular formula is C28H29F2N7. The van der Waals surface area contributed by atoms with Crippen LogP contribution in [0, 0.1) is 34.8 Å². The van der Waals surface area contributed by atoms with Crippen molar-refractivity contribution in [2.24, 2.45) is 23.9 Å². The number of aryl methyl sites for hydroxylation is 1. The zero-order chi connectivity index (χ0) is 25.7. The molecule has 1 aromatic heterocycles. The van der Waals surface area contributed by atoms with Crippen molar-refractivity contribution < 1.29 is 8.78 Å². The van der Waals surface area contributed by atoms with Gasteiger partial charge in [-0.05, 0) is 56.0 Å². The number of nitriles is 1. The molecule has 2 aromatic carbocycles. The third-order valence-electron chi connectivity index (χ3n) is 8.04. The van der Waals surface area contributed by atoms with Crippen molar-refractivity contribution in [3.63, 3.8) is 0 Å². The van der Waals surface area contributed by atoms with Gasteiger partial charge in [-0.3, -0.25) is 4.90 Å². The van der Waals surface area contributed by atoms with E-state index in [2.05, 4.69) is 21.3 Å². The van der Waals surface area contributed by atoms with Crippen molar-refractivity contribution in [3.05, 3.63) is 71.2 Å². The Hall–Kier alpha value is -3.61. The number of hydrogen-bond acceptors (Lipinski definition) is 6. The van der Waals surface area contributed by atoms with Crippen molar-refractivity contribution in [1.82, 2.24) is 24.7 Å². The van der Waals surface area contributed by atoms with Gasteiger partial charge < -0.3 is 14.8 Å². The summed E-state index contributed by atoms with van der Waals surface area (Å²) in [5.74, 6) is -0.473. The number of aliphatic imine (C=N–C) groups is 1. The Morgan fingerprint density at radius 3 is 2.41 bits per heavy atom. The lowest BCUT2D eigenvalue weighted by molar-refractivity contribution is 0.100. The third kappa shape index (κ3) is 4.10. The SMILES string of the molecule is CN1C=C(c2cc3ncn(C)c3c(F)c2F)C(c2ccc(C#N)cc2)=NC1N1CCC2CNCC2CC1. The average molecular weight is 502 g/mol. The number of benzene rings is 2. The zero-order valence-corrected chi connectivity index (χ0v) is 21.0. The molecule has 9 heteroatoms. The summed E-state index contributed by atoms with van der Waals surface area (Å²) < 4.78 is 32.2. The van der Waals surface area contributed by atoms with Gasteiger partial charge in [-0.25, -0.2) is 18.8 Å². The Bertz CT molecular complexity index is 1440. The molecule has 1 N–H and O–H groups in total. The predicted molar refractivity (Wildman–Crippen MR) is 139 cm³/mol. The largest absolute Gasteiger partial charge is 0.346 e. The topological polar surface area (TPSA) is 72.5 Å². The molecule has 0 spiro atoms. The minimum Gasteiger partial charge on any atom is -0.346 e. The summed E-state index contributed by atoms with van der Waals surface area (Å²) in [6.45, 7) is 4.00. The standard InChI is InChI=1S/C28H29F2N7/c1-35-15-22(21-11-23-27(25(30)24(21)29)36(2)16-33-23)26(18-5-3-17(12-31)4-6-18)34-28(35)37-9-7-19-13-32-14-20(19)8-10-37/h3-6,11,15-16,19-20,28,32H,7-10,13-14H2,1-2H3. The van der Waals surface area contributed by atoms with E-state index in [0.717, 1.165) is 44.6 Å². The van der Waals surface area contributed by atoms with Gasteiger partial charge >= 0.3 is 0 Å². The van der Waals surface area contributed by atoms with E-state index in [1.165, 1.54) is 10.9 Å². The number of fused-ring (bicyclic) bond motifs is 2. The van der Waals surface area contributed by atoms with Crippen molar-refractivity contribution in [2.45, 2.75) is 19.1 Å². The van der Waals surface area contributed by atoms with E-state index < -0.39 is 11.6 Å². The molecule has 3 aliphatic rings. The summed E-state index contributed by atoms with van der Waals surface area (Å²) in [6, 6.07) is 10.8. The molecule has 4 heterocycles. The van der Waals surface area contributed by atoms with Crippen LogP contribution in [0.15, 0.2) is 47.9 Å². The number of imidazole rings is 1. The molecule has 3 unspecified atom stereocenters. The maximum Gasteiger partial charge on any atom is 0.185 e. The quantitative estimate of drug-likeness (QED) is 0.593. The molecule has 2 saturated heterocycles. The van der Waals surface area contributed by atoms with Gasteiger partial charge in [-0.15, -0.1) is 0 Å². The molecule has 0 radical (unpaired) electrons. The molecule has 0 bridgehead atoms. The van der Waals surface area contributed by atoms with Gasteiger partial charge in [-0.1, -0.05) is 12.1 Å². The number of halogens is 2. The van der Waals surface area contributed by atoms with Crippen LogP contribution in [0.3, 0.4) is 0 Å². The molecule has 6 rings (SSSR count). The summed E-state index contributed by atoms with van der Waals surface area (Å²) in [5.41, 5.74) is 2.97. The lowest BCUT2D eigenvalue weighted by Gasteiger charge is -2.38. The Kier molecular flexibility index (Phi) is 6.01. The van der Waals surface area contributed by atoms with E-state index in [1.54, 1.807) is 25.2 Å². The molecule has 37 heavy (non-hydrogen) atoms. The van der Waals surface area contributed by atoms with Crippen LogP contribution in [0.1, 0.15) is 29.5 Å². The van der Waals surface area contributed by atoms with Crippen LogP contribution in [-0.4, -0.2) is 64.6 Å². The second-order valence-corrected chi connectivity index (χ2v) is 10.3. The van der Waals surface area contributed by atoms with Crippen LogP contribution in [0.25, 0.3) is 16.6 Å². The highest BCUT2D eigenvalue weighted by Crippen LogP contribution is 2.34. The summed E-state index contributed by atoms with van der Waals surface area (Å²) in [5, 5.41) is 12.8. The van der Waals surface area contributed by atoms with Crippen molar-refractivity contribution in [3.8, 4) is 6.07 Å². The van der Waals surface area contributed by atoms with Crippen molar-refractivity contribution >= 4 is 22.3 Å². The van der Waals surface area contributed by atoms with Gasteiger partial charge in [0.05, 0.1) is 29.2 Å².